The van der Waals surface area contributed by atoms with Gasteiger partial charge >= 0.3 is 5.69 Å². The first-order chi connectivity index (χ1) is 13.0. The fourth-order valence-corrected chi connectivity index (χ4v) is 3.93. The Balaban J connectivity index is 1.43. The highest BCUT2D eigenvalue weighted by atomic mass is 19.1. The van der Waals surface area contributed by atoms with E-state index in [1.807, 2.05) is 19.1 Å². The molecule has 0 saturated carbocycles. The van der Waals surface area contributed by atoms with Crippen molar-refractivity contribution in [2.45, 2.75) is 38.8 Å². The molecule has 0 N–H and O–H groups in total. The smallest absolute Gasteiger partial charge is 0.297 e. The largest absolute Gasteiger partial charge is 0.345 e. The van der Waals surface area contributed by atoms with E-state index in [-0.39, 0.29) is 11.5 Å². The van der Waals surface area contributed by atoms with Crippen molar-refractivity contribution in [1.29, 1.82) is 0 Å². The van der Waals surface area contributed by atoms with E-state index in [1.54, 1.807) is 17.7 Å². The van der Waals surface area contributed by atoms with Gasteiger partial charge in [0.1, 0.15) is 11.6 Å². The molecular formula is C20H24FN5O. The summed E-state index contributed by atoms with van der Waals surface area (Å²) in [4.78, 5) is 19.2. The predicted octanol–water partition coefficient (Wildman–Crippen LogP) is 2.67. The van der Waals surface area contributed by atoms with Crippen molar-refractivity contribution < 1.29 is 4.39 Å². The number of fused-ring (bicyclic) bond motifs is 1. The lowest BCUT2D eigenvalue weighted by molar-refractivity contribution is 0.198. The summed E-state index contributed by atoms with van der Waals surface area (Å²) in [5, 5.41) is 5.28. The Hall–Kier alpha value is -2.54. The molecule has 7 heteroatoms. The Bertz CT molecular complexity index is 1020. The number of hydrogen-bond acceptors (Lipinski definition) is 4. The molecule has 2 aromatic heterocycles. The third kappa shape index (κ3) is 3.51. The van der Waals surface area contributed by atoms with Crippen LogP contribution in [-0.2, 0) is 20.1 Å². The topological polar surface area (TPSA) is 56.0 Å². The number of piperidine rings is 1. The minimum Gasteiger partial charge on any atom is -0.297 e. The van der Waals surface area contributed by atoms with E-state index < -0.39 is 0 Å². The summed E-state index contributed by atoms with van der Waals surface area (Å²) >= 11 is 0. The zero-order valence-corrected chi connectivity index (χ0v) is 15.7. The van der Waals surface area contributed by atoms with Crippen molar-refractivity contribution in [1.82, 2.24) is 24.2 Å². The van der Waals surface area contributed by atoms with Gasteiger partial charge < -0.3 is 0 Å². The van der Waals surface area contributed by atoms with E-state index in [0.29, 0.717) is 12.5 Å². The summed E-state index contributed by atoms with van der Waals surface area (Å²) in [7, 11) is 1.71. The van der Waals surface area contributed by atoms with Gasteiger partial charge in [0, 0.05) is 31.4 Å². The number of rotatable bonds is 4. The number of halogens is 1. The first kappa shape index (κ1) is 17.9. The van der Waals surface area contributed by atoms with Gasteiger partial charge in [-0.05, 0) is 57.1 Å². The number of aromatic nitrogens is 4. The lowest BCUT2D eigenvalue weighted by Gasteiger charge is -2.31. The zero-order valence-electron chi connectivity index (χ0n) is 15.7. The molecule has 0 aliphatic carbocycles. The molecule has 1 fully saturated rings. The van der Waals surface area contributed by atoms with Crippen molar-refractivity contribution in [2.75, 3.05) is 13.1 Å². The van der Waals surface area contributed by atoms with Crippen molar-refractivity contribution in [3.63, 3.8) is 0 Å². The summed E-state index contributed by atoms with van der Waals surface area (Å²) in [6.45, 7) is 5.32. The molecule has 0 amide bonds. The molecule has 27 heavy (non-hydrogen) atoms. The van der Waals surface area contributed by atoms with E-state index in [0.717, 1.165) is 54.9 Å². The summed E-state index contributed by atoms with van der Waals surface area (Å²) in [6.07, 6.45) is 1.96. The van der Waals surface area contributed by atoms with Gasteiger partial charge in [0.05, 0.1) is 11.2 Å². The quantitative estimate of drug-likeness (QED) is 0.710. The maximum absolute atomic E-state index is 13.3. The van der Waals surface area contributed by atoms with Crippen LogP contribution in [0.25, 0.3) is 10.9 Å². The second kappa shape index (κ2) is 7.23. The first-order valence-corrected chi connectivity index (χ1v) is 9.46. The number of likely N-dealkylation sites (tertiary alicyclic amines) is 1. The van der Waals surface area contributed by atoms with E-state index >= 15 is 0 Å². The van der Waals surface area contributed by atoms with Crippen LogP contribution < -0.4 is 5.69 Å². The van der Waals surface area contributed by atoms with Crippen LogP contribution >= 0.6 is 0 Å². The number of hydrogen-bond donors (Lipinski definition) is 0. The maximum atomic E-state index is 13.3. The molecule has 0 unspecified atom stereocenters. The van der Waals surface area contributed by atoms with Gasteiger partial charge in [-0.1, -0.05) is 6.07 Å². The molecule has 1 aromatic carbocycles. The Morgan fingerprint density at radius 3 is 2.70 bits per heavy atom. The van der Waals surface area contributed by atoms with E-state index in [2.05, 4.69) is 15.0 Å². The Labute approximate surface area is 157 Å². The second-order valence-corrected chi connectivity index (χ2v) is 7.20. The summed E-state index contributed by atoms with van der Waals surface area (Å²) in [5.74, 6) is 0.998. The van der Waals surface area contributed by atoms with Gasteiger partial charge in [0.15, 0.2) is 0 Å². The lowest BCUT2D eigenvalue weighted by Crippen LogP contribution is -2.34. The standard InChI is InChI=1S/C20H24FN5O/c1-3-26-19(23-24(2)20(26)27)14-8-10-25(11-9-14)13-17-6-4-15-12-16(21)5-7-18(15)22-17/h4-7,12,14H,3,8-11,13H2,1-2H3. The average molecular weight is 369 g/mol. The highest BCUT2D eigenvalue weighted by Crippen LogP contribution is 2.27. The number of benzene rings is 1. The van der Waals surface area contributed by atoms with Crippen LogP contribution in [0.5, 0.6) is 0 Å². The molecule has 0 bridgehead atoms. The zero-order chi connectivity index (χ0) is 19.0. The number of aryl methyl sites for hydroxylation is 1. The summed E-state index contributed by atoms with van der Waals surface area (Å²) < 4.78 is 16.5. The molecule has 142 valence electrons. The SMILES string of the molecule is CCn1c(C2CCN(Cc3ccc4cc(F)ccc4n3)CC2)nn(C)c1=O. The summed E-state index contributed by atoms with van der Waals surface area (Å²) in [5.41, 5.74) is 1.78. The van der Waals surface area contributed by atoms with Crippen LogP contribution in [0.15, 0.2) is 35.1 Å². The first-order valence-electron chi connectivity index (χ1n) is 9.46. The van der Waals surface area contributed by atoms with Crippen molar-refractivity contribution in [2.24, 2.45) is 7.05 Å². The number of nitrogens with zero attached hydrogens (tertiary/aromatic N) is 5. The highest BCUT2D eigenvalue weighted by Gasteiger charge is 2.26. The minimum absolute atomic E-state index is 0.0354. The van der Waals surface area contributed by atoms with Gasteiger partial charge in [-0.3, -0.25) is 14.5 Å². The highest BCUT2D eigenvalue weighted by molar-refractivity contribution is 5.78. The van der Waals surface area contributed by atoms with Gasteiger partial charge in [0.25, 0.3) is 0 Å². The van der Waals surface area contributed by atoms with Gasteiger partial charge in [-0.2, -0.15) is 5.10 Å². The molecule has 3 aromatic rings. The predicted molar refractivity (Wildman–Crippen MR) is 102 cm³/mol. The van der Waals surface area contributed by atoms with Crippen LogP contribution in [0.3, 0.4) is 0 Å². The number of pyridine rings is 1. The van der Waals surface area contributed by atoms with E-state index in [9.17, 15) is 9.18 Å². The van der Waals surface area contributed by atoms with Crippen LogP contribution in [0, 0.1) is 5.82 Å². The third-order valence-electron chi connectivity index (χ3n) is 5.40. The van der Waals surface area contributed by atoms with Crippen molar-refractivity contribution >= 4 is 10.9 Å². The van der Waals surface area contributed by atoms with E-state index in [4.69, 9.17) is 0 Å². The molecule has 0 radical (unpaired) electrons. The van der Waals surface area contributed by atoms with Gasteiger partial charge in [-0.25, -0.2) is 13.9 Å². The molecule has 1 aliphatic rings. The monoisotopic (exact) mass is 369 g/mol. The van der Waals surface area contributed by atoms with E-state index in [1.165, 1.54) is 16.8 Å². The fourth-order valence-electron chi connectivity index (χ4n) is 3.93. The molecule has 4 rings (SSSR count). The minimum atomic E-state index is -0.237. The Morgan fingerprint density at radius 2 is 1.96 bits per heavy atom. The Kier molecular flexibility index (Phi) is 4.78. The van der Waals surface area contributed by atoms with Crippen molar-refractivity contribution in [3.8, 4) is 0 Å². The van der Waals surface area contributed by atoms with Crippen LogP contribution in [0.2, 0.25) is 0 Å². The third-order valence-corrected chi connectivity index (χ3v) is 5.40. The molecule has 3 heterocycles. The second-order valence-electron chi connectivity index (χ2n) is 7.20. The Morgan fingerprint density at radius 1 is 1.19 bits per heavy atom. The molecule has 1 saturated heterocycles. The molecule has 0 atom stereocenters. The van der Waals surface area contributed by atoms with Gasteiger partial charge in [0.2, 0.25) is 0 Å². The normalized spacial score (nSPS) is 16.3. The van der Waals surface area contributed by atoms with Crippen LogP contribution in [0.4, 0.5) is 4.39 Å². The molecule has 6 nitrogen and oxygen atoms in total. The average Bonchev–Trinajstić information content (AvgIpc) is 2.96. The van der Waals surface area contributed by atoms with Crippen LogP contribution in [-0.4, -0.2) is 37.3 Å². The van der Waals surface area contributed by atoms with Crippen LogP contribution in [0.1, 0.15) is 37.2 Å². The van der Waals surface area contributed by atoms with Gasteiger partial charge in [-0.15, -0.1) is 0 Å². The molecule has 0 spiro atoms. The lowest BCUT2D eigenvalue weighted by atomic mass is 9.95. The van der Waals surface area contributed by atoms with Crippen molar-refractivity contribution in [3.05, 3.63) is 58.2 Å². The summed E-state index contributed by atoms with van der Waals surface area (Å²) in [6, 6.07) is 8.59. The molecule has 1 aliphatic heterocycles. The maximum Gasteiger partial charge on any atom is 0.345 e. The fraction of sp³-hybridized carbons (Fsp3) is 0.450. The molecular weight excluding hydrogens is 345 g/mol.